The minimum atomic E-state index is -4.78. The lowest BCUT2D eigenvalue weighted by Gasteiger charge is -2.17. The number of aromatic amines is 1. The topological polar surface area (TPSA) is 78.5 Å². The van der Waals surface area contributed by atoms with Gasteiger partial charge in [-0.3, -0.25) is 5.10 Å². The summed E-state index contributed by atoms with van der Waals surface area (Å²) < 4.78 is 67.0. The van der Waals surface area contributed by atoms with Crippen molar-refractivity contribution in [2.75, 3.05) is 10.6 Å². The van der Waals surface area contributed by atoms with Gasteiger partial charge in [-0.2, -0.15) is 23.3 Å². The molecule has 2 heterocycles. The third kappa shape index (κ3) is 5.09. The minimum absolute atomic E-state index is 0.0369. The predicted octanol–water partition coefficient (Wildman–Crippen LogP) is 6.00. The molecule has 3 N–H and O–H groups in total. The second-order valence-electron chi connectivity index (χ2n) is 7.64. The Balaban J connectivity index is 1.61. The molecule has 11 heteroatoms. The highest BCUT2D eigenvalue weighted by Gasteiger charge is 2.34. The van der Waals surface area contributed by atoms with E-state index in [0.717, 1.165) is 30.7 Å². The van der Waals surface area contributed by atoms with Crippen LogP contribution in [0.3, 0.4) is 0 Å². The molecule has 0 radical (unpaired) electrons. The van der Waals surface area contributed by atoms with Gasteiger partial charge >= 0.3 is 6.18 Å². The van der Waals surface area contributed by atoms with Crippen molar-refractivity contribution in [2.45, 2.75) is 44.7 Å². The van der Waals surface area contributed by atoms with E-state index in [9.17, 15) is 22.0 Å². The molecular weight excluding hydrogens is 419 g/mol. The van der Waals surface area contributed by atoms with Crippen molar-refractivity contribution in [1.29, 1.82) is 0 Å². The Bertz CT molecular complexity index is 1070. The van der Waals surface area contributed by atoms with Crippen LogP contribution in [0.25, 0.3) is 0 Å². The highest BCUT2D eigenvalue weighted by atomic mass is 19.4. The monoisotopic (exact) mass is 438 g/mol. The van der Waals surface area contributed by atoms with Gasteiger partial charge in [0.2, 0.25) is 5.95 Å². The van der Waals surface area contributed by atoms with Gasteiger partial charge in [0.1, 0.15) is 5.82 Å². The first-order valence-electron chi connectivity index (χ1n) is 9.53. The number of anilines is 4. The molecule has 31 heavy (non-hydrogen) atoms. The summed E-state index contributed by atoms with van der Waals surface area (Å²) in [5, 5.41) is 12.7. The number of hydrogen-bond donors (Lipinski definition) is 3. The van der Waals surface area contributed by atoms with Crippen molar-refractivity contribution in [3.63, 3.8) is 0 Å². The maximum Gasteiger partial charge on any atom is 0.416 e. The van der Waals surface area contributed by atoms with Crippen LogP contribution < -0.4 is 10.6 Å². The van der Waals surface area contributed by atoms with E-state index in [-0.39, 0.29) is 11.6 Å². The molecule has 1 aliphatic rings. The molecule has 0 amide bonds. The van der Waals surface area contributed by atoms with E-state index in [1.165, 1.54) is 0 Å². The molecule has 2 aromatic heterocycles. The molecule has 0 saturated heterocycles. The van der Waals surface area contributed by atoms with Gasteiger partial charge in [-0.05, 0) is 38.0 Å². The Kier molecular flexibility index (Phi) is 5.06. The summed E-state index contributed by atoms with van der Waals surface area (Å²) in [4.78, 5) is 8.36. The van der Waals surface area contributed by atoms with Crippen LogP contribution in [0.4, 0.5) is 45.2 Å². The van der Waals surface area contributed by atoms with Crippen molar-refractivity contribution in [3.8, 4) is 0 Å². The van der Waals surface area contributed by atoms with Crippen molar-refractivity contribution < 1.29 is 22.0 Å². The van der Waals surface area contributed by atoms with Gasteiger partial charge in [-0.25, -0.2) is 13.8 Å². The van der Waals surface area contributed by atoms with Crippen LogP contribution in [0.2, 0.25) is 0 Å². The van der Waals surface area contributed by atoms with Crippen LogP contribution in [0.15, 0.2) is 30.3 Å². The predicted molar refractivity (Wildman–Crippen MR) is 105 cm³/mol. The van der Waals surface area contributed by atoms with Gasteiger partial charge in [0.15, 0.2) is 5.82 Å². The van der Waals surface area contributed by atoms with Crippen molar-refractivity contribution in [1.82, 2.24) is 20.2 Å². The summed E-state index contributed by atoms with van der Waals surface area (Å²) in [6.45, 7) is 2.22. The standard InChI is InChI=1S/C20H19F5N6/c1-10-5-16(28-17-9-15(30-31-17)11-3-4-11)29-18(26-10)27-14-7-12(19(2,21)22)6-13(8-14)20(23,24)25/h5-9,11H,3-4H2,1-2H3,(H3,26,27,28,29,30,31). The SMILES string of the molecule is Cc1cc(Nc2cc(C3CC3)[nH]n2)nc(Nc2cc(C(C)(F)F)cc(C(F)(F)F)c2)n1. The Hall–Kier alpha value is -3.24. The highest BCUT2D eigenvalue weighted by molar-refractivity contribution is 5.60. The number of aromatic nitrogens is 4. The third-order valence-electron chi connectivity index (χ3n) is 4.75. The number of halogens is 5. The first kappa shape index (κ1) is 21.0. The third-order valence-corrected chi connectivity index (χ3v) is 4.75. The first-order valence-corrected chi connectivity index (χ1v) is 9.53. The van der Waals surface area contributed by atoms with E-state index in [2.05, 4.69) is 30.8 Å². The summed E-state index contributed by atoms with van der Waals surface area (Å²) >= 11 is 0. The number of nitrogens with one attached hydrogen (secondary N) is 3. The van der Waals surface area contributed by atoms with Gasteiger partial charge in [0.05, 0.1) is 5.56 Å². The first-order chi connectivity index (χ1) is 14.5. The van der Waals surface area contributed by atoms with Crippen LogP contribution in [0.5, 0.6) is 0 Å². The molecule has 1 aromatic carbocycles. The van der Waals surface area contributed by atoms with Crippen LogP contribution in [0, 0.1) is 6.92 Å². The largest absolute Gasteiger partial charge is 0.416 e. The zero-order chi connectivity index (χ0) is 22.4. The van der Waals surface area contributed by atoms with Crippen molar-refractivity contribution >= 4 is 23.3 Å². The molecule has 0 atom stereocenters. The number of rotatable bonds is 6. The molecule has 164 valence electrons. The number of hydrogen-bond acceptors (Lipinski definition) is 5. The van der Waals surface area contributed by atoms with Crippen LogP contribution in [-0.2, 0) is 12.1 Å². The van der Waals surface area contributed by atoms with Crippen molar-refractivity contribution in [3.05, 3.63) is 52.8 Å². The maximum absolute atomic E-state index is 13.7. The molecule has 0 aliphatic heterocycles. The zero-order valence-electron chi connectivity index (χ0n) is 16.6. The quantitative estimate of drug-likeness (QED) is 0.411. The average molecular weight is 438 g/mol. The molecular formula is C20H19F5N6. The lowest BCUT2D eigenvalue weighted by atomic mass is 10.0. The van der Waals surface area contributed by atoms with Gasteiger partial charge in [0, 0.05) is 47.6 Å². The molecule has 6 nitrogen and oxygen atoms in total. The minimum Gasteiger partial charge on any atom is -0.324 e. The lowest BCUT2D eigenvalue weighted by Crippen LogP contribution is -2.13. The Morgan fingerprint density at radius 2 is 1.61 bits per heavy atom. The van der Waals surface area contributed by atoms with Crippen molar-refractivity contribution in [2.24, 2.45) is 0 Å². The van der Waals surface area contributed by atoms with Gasteiger partial charge in [-0.1, -0.05) is 0 Å². The van der Waals surface area contributed by atoms with E-state index >= 15 is 0 Å². The molecule has 0 spiro atoms. The number of benzene rings is 1. The number of H-pyrrole nitrogens is 1. The fourth-order valence-electron chi connectivity index (χ4n) is 3.07. The Morgan fingerprint density at radius 3 is 2.26 bits per heavy atom. The highest BCUT2D eigenvalue weighted by Crippen LogP contribution is 2.40. The fourth-order valence-corrected chi connectivity index (χ4v) is 3.07. The maximum atomic E-state index is 13.7. The summed E-state index contributed by atoms with van der Waals surface area (Å²) in [5.41, 5.74) is -0.614. The van der Waals surface area contributed by atoms with Crippen LogP contribution in [-0.4, -0.2) is 20.2 Å². The summed E-state index contributed by atoms with van der Waals surface area (Å²) in [6, 6.07) is 5.62. The number of nitrogens with zero attached hydrogens (tertiary/aromatic N) is 3. The smallest absolute Gasteiger partial charge is 0.324 e. The lowest BCUT2D eigenvalue weighted by molar-refractivity contribution is -0.137. The van der Waals surface area contributed by atoms with Gasteiger partial charge < -0.3 is 10.6 Å². The van der Waals surface area contributed by atoms with E-state index in [0.29, 0.717) is 36.2 Å². The van der Waals surface area contributed by atoms with E-state index in [4.69, 9.17) is 0 Å². The molecule has 0 bridgehead atoms. The van der Waals surface area contributed by atoms with E-state index in [1.54, 1.807) is 13.0 Å². The van der Waals surface area contributed by atoms with Crippen LogP contribution >= 0.6 is 0 Å². The van der Waals surface area contributed by atoms with Gasteiger partial charge in [-0.15, -0.1) is 0 Å². The summed E-state index contributed by atoms with van der Waals surface area (Å²) in [5.74, 6) is -2.10. The van der Waals surface area contributed by atoms with Gasteiger partial charge in [0.25, 0.3) is 5.92 Å². The Labute approximate surface area is 174 Å². The number of alkyl halides is 5. The van der Waals surface area contributed by atoms with Crippen LogP contribution in [0.1, 0.15) is 48.2 Å². The van der Waals surface area contributed by atoms with E-state index < -0.39 is 23.2 Å². The second-order valence-corrected chi connectivity index (χ2v) is 7.64. The summed E-state index contributed by atoms with van der Waals surface area (Å²) in [7, 11) is 0. The second kappa shape index (κ2) is 7.47. The summed E-state index contributed by atoms with van der Waals surface area (Å²) in [6.07, 6.45) is -2.56. The zero-order valence-corrected chi connectivity index (χ0v) is 16.6. The number of aryl methyl sites for hydroxylation is 1. The molecule has 4 rings (SSSR count). The molecule has 1 aliphatic carbocycles. The molecule has 1 saturated carbocycles. The fraction of sp³-hybridized carbons (Fsp3) is 0.350. The molecule has 0 unspecified atom stereocenters. The van der Waals surface area contributed by atoms with E-state index in [1.807, 2.05) is 6.07 Å². The normalized spacial score (nSPS) is 14.5. The molecule has 3 aromatic rings. The average Bonchev–Trinajstić information content (AvgIpc) is 3.39. The Morgan fingerprint density at radius 1 is 0.903 bits per heavy atom. The molecule has 1 fully saturated rings.